The smallest absolute Gasteiger partial charge is 0.310 e. The van der Waals surface area contributed by atoms with Crippen molar-refractivity contribution in [2.45, 2.75) is 32.0 Å². The quantitative estimate of drug-likeness (QED) is 0.791. The van der Waals surface area contributed by atoms with Crippen LogP contribution in [0.1, 0.15) is 36.9 Å². The summed E-state index contributed by atoms with van der Waals surface area (Å²) >= 11 is 0. The van der Waals surface area contributed by atoms with E-state index in [1.165, 1.54) is 6.07 Å². The van der Waals surface area contributed by atoms with E-state index in [2.05, 4.69) is 12.2 Å². The Hall–Kier alpha value is -1.03. The van der Waals surface area contributed by atoms with Gasteiger partial charge in [0.2, 0.25) is 0 Å². The number of piperidine rings is 1. The van der Waals surface area contributed by atoms with Gasteiger partial charge in [-0.1, -0.05) is 25.1 Å². The van der Waals surface area contributed by atoms with Crippen LogP contribution in [0.2, 0.25) is 0 Å². The Kier molecular flexibility index (Phi) is 3.43. The number of benzene rings is 1. The summed E-state index contributed by atoms with van der Waals surface area (Å²) in [6, 6.07) is 5.69. The van der Waals surface area contributed by atoms with Crippen LogP contribution in [0.15, 0.2) is 24.3 Å². The van der Waals surface area contributed by atoms with Gasteiger partial charge in [0.1, 0.15) is 0 Å². The van der Waals surface area contributed by atoms with Crippen molar-refractivity contribution in [2.75, 3.05) is 6.54 Å². The topological polar surface area (TPSA) is 12.0 Å². The number of rotatable bonds is 1. The van der Waals surface area contributed by atoms with Crippen LogP contribution in [-0.4, -0.2) is 6.54 Å². The minimum absolute atomic E-state index is 0.170. The predicted molar refractivity (Wildman–Crippen MR) is 60.6 cm³/mol. The third-order valence-electron chi connectivity index (χ3n) is 3.31. The first kappa shape index (κ1) is 12.4. The molecule has 0 spiro atoms. The summed E-state index contributed by atoms with van der Waals surface area (Å²) in [4.78, 5) is 0. The minimum Gasteiger partial charge on any atom is -0.310 e. The molecule has 4 heteroatoms. The predicted octanol–water partition coefficient (Wildman–Crippen LogP) is 3.77. The highest BCUT2D eigenvalue weighted by Crippen LogP contribution is 2.37. The van der Waals surface area contributed by atoms with E-state index in [-0.39, 0.29) is 6.04 Å². The van der Waals surface area contributed by atoms with Gasteiger partial charge in [-0.15, -0.1) is 0 Å². The second kappa shape index (κ2) is 4.69. The molecule has 0 aromatic heterocycles. The molecule has 1 aromatic carbocycles. The van der Waals surface area contributed by atoms with Gasteiger partial charge in [-0.25, -0.2) is 0 Å². The van der Waals surface area contributed by atoms with Crippen LogP contribution in [0.5, 0.6) is 0 Å². The molecule has 2 rings (SSSR count). The van der Waals surface area contributed by atoms with Gasteiger partial charge in [-0.2, -0.15) is 13.2 Å². The molecule has 0 bridgehead atoms. The fourth-order valence-electron chi connectivity index (χ4n) is 2.40. The van der Waals surface area contributed by atoms with Gasteiger partial charge < -0.3 is 5.32 Å². The fourth-order valence-corrected chi connectivity index (χ4v) is 2.40. The molecule has 17 heavy (non-hydrogen) atoms. The fraction of sp³-hybridized carbons (Fsp3) is 0.538. The molecule has 2 unspecified atom stereocenters. The first-order valence-electron chi connectivity index (χ1n) is 5.88. The van der Waals surface area contributed by atoms with Crippen LogP contribution in [-0.2, 0) is 6.18 Å². The van der Waals surface area contributed by atoms with E-state index in [0.717, 1.165) is 25.5 Å². The summed E-state index contributed by atoms with van der Waals surface area (Å²) in [7, 11) is 0. The van der Waals surface area contributed by atoms with Crippen LogP contribution in [0.25, 0.3) is 0 Å². The number of nitrogens with one attached hydrogen (secondary N) is 1. The van der Waals surface area contributed by atoms with E-state index >= 15 is 0 Å². The Morgan fingerprint density at radius 2 is 1.94 bits per heavy atom. The van der Waals surface area contributed by atoms with Crippen LogP contribution < -0.4 is 5.32 Å². The summed E-state index contributed by atoms with van der Waals surface area (Å²) in [6.07, 6.45) is -2.46. The monoisotopic (exact) mass is 243 g/mol. The van der Waals surface area contributed by atoms with Crippen LogP contribution >= 0.6 is 0 Å². The molecular weight excluding hydrogens is 227 g/mol. The molecule has 1 saturated heterocycles. The van der Waals surface area contributed by atoms with E-state index in [1.54, 1.807) is 12.1 Å². The van der Waals surface area contributed by atoms with Crippen molar-refractivity contribution in [3.8, 4) is 0 Å². The van der Waals surface area contributed by atoms with Crippen molar-refractivity contribution in [1.82, 2.24) is 5.32 Å². The van der Waals surface area contributed by atoms with Gasteiger partial charge in [0.05, 0.1) is 5.56 Å². The molecule has 0 radical (unpaired) electrons. The highest BCUT2D eigenvalue weighted by atomic mass is 19.4. The minimum atomic E-state index is -4.26. The van der Waals surface area contributed by atoms with Crippen LogP contribution in [0, 0.1) is 5.92 Å². The first-order chi connectivity index (χ1) is 7.98. The maximum absolute atomic E-state index is 12.9. The van der Waals surface area contributed by atoms with Gasteiger partial charge in [0.15, 0.2) is 0 Å². The molecule has 0 amide bonds. The zero-order valence-electron chi connectivity index (χ0n) is 9.72. The molecule has 1 aromatic rings. The molecule has 1 aliphatic heterocycles. The molecule has 0 saturated carbocycles. The van der Waals surface area contributed by atoms with E-state index in [1.807, 2.05) is 0 Å². The van der Waals surface area contributed by atoms with Crippen molar-refractivity contribution < 1.29 is 13.2 Å². The van der Waals surface area contributed by atoms with Crippen molar-refractivity contribution in [3.05, 3.63) is 35.4 Å². The Morgan fingerprint density at radius 3 is 2.59 bits per heavy atom. The molecule has 2 atom stereocenters. The zero-order chi connectivity index (χ0) is 12.5. The molecule has 1 N–H and O–H groups in total. The normalized spacial score (nSPS) is 25.9. The van der Waals surface area contributed by atoms with E-state index in [9.17, 15) is 13.2 Å². The third-order valence-corrected chi connectivity index (χ3v) is 3.31. The lowest BCUT2D eigenvalue weighted by atomic mass is 9.88. The SMILES string of the molecule is CC1CCNC(c2ccccc2C(F)(F)F)C1. The molecule has 1 nitrogen and oxygen atoms in total. The second-order valence-corrected chi connectivity index (χ2v) is 4.72. The lowest BCUT2D eigenvalue weighted by molar-refractivity contribution is -0.138. The Morgan fingerprint density at radius 1 is 1.24 bits per heavy atom. The summed E-state index contributed by atoms with van der Waals surface area (Å²) in [6.45, 7) is 2.88. The van der Waals surface area contributed by atoms with Gasteiger partial charge in [-0.3, -0.25) is 0 Å². The van der Waals surface area contributed by atoms with Crippen molar-refractivity contribution >= 4 is 0 Å². The van der Waals surface area contributed by atoms with E-state index in [4.69, 9.17) is 0 Å². The summed E-state index contributed by atoms with van der Waals surface area (Å²) in [5.41, 5.74) is -0.127. The van der Waals surface area contributed by atoms with Gasteiger partial charge >= 0.3 is 6.18 Å². The van der Waals surface area contributed by atoms with Crippen molar-refractivity contribution in [3.63, 3.8) is 0 Å². The summed E-state index contributed by atoms with van der Waals surface area (Å²) < 4.78 is 38.6. The zero-order valence-corrected chi connectivity index (χ0v) is 9.72. The molecular formula is C13H16F3N. The second-order valence-electron chi connectivity index (χ2n) is 4.72. The average molecular weight is 243 g/mol. The maximum Gasteiger partial charge on any atom is 0.416 e. The lowest BCUT2D eigenvalue weighted by Gasteiger charge is -2.30. The van der Waals surface area contributed by atoms with Crippen LogP contribution in [0.4, 0.5) is 13.2 Å². The number of alkyl halides is 3. The number of hydrogen-bond acceptors (Lipinski definition) is 1. The number of hydrogen-bond donors (Lipinski definition) is 1. The third kappa shape index (κ3) is 2.80. The molecule has 1 heterocycles. The number of halogens is 3. The van der Waals surface area contributed by atoms with Gasteiger partial charge in [0.25, 0.3) is 0 Å². The summed E-state index contributed by atoms with van der Waals surface area (Å²) in [5.74, 6) is 0.475. The molecule has 94 valence electrons. The van der Waals surface area contributed by atoms with Gasteiger partial charge in [-0.05, 0) is 36.9 Å². The van der Waals surface area contributed by atoms with E-state index < -0.39 is 11.7 Å². The van der Waals surface area contributed by atoms with Gasteiger partial charge in [0, 0.05) is 6.04 Å². The largest absolute Gasteiger partial charge is 0.416 e. The maximum atomic E-state index is 12.9. The Balaban J connectivity index is 2.31. The van der Waals surface area contributed by atoms with Crippen molar-refractivity contribution in [2.24, 2.45) is 5.92 Å². The molecule has 0 aliphatic carbocycles. The highest BCUT2D eigenvalue weighted by molar-refractivity contribution is 5.32. The standard InChI is InChI=1S/C13H16F3N/c1-9-6-7-17-12(8-9)10-4-2-3-5-11(10)13(14,15)16/h2-5,9,12,17H,6-8H2,1H3. The van der Waals surface area contributed by atoms with Crippen LogP contribution in [0.3, 0.4) is 0 Å². The highest BCUT2D eigenvalue weighted by Gasteiger charge is 2.35. The lowest BCUT2D eigenvalue weighted by Crippen LogP contribution is -2.32. The summed E-state index contributed by atoms with van der Waals surface area (Å²) in [5, 5.41) is 3.18. The molecule has 1 aliphatic rings. The van der Waals surface area contributed by atoms with Crippen molar-refractivity contribution in [1.29, 1.82) is 0 Å². The Bertz CT molecular complexity index is 386. The Labute approximate surface area is 99.0 Å². The molecule has 1 fully saturated rings. The average Bonchev–Trinajstić information content (AvgIpc) is 2.28. The first-order valence-corrected chi connectivity index (χ1v) is 5.88. The van der Waals surface area contributed by atoms with E-state index in [0.29, 0.717) is 11.5 Å².